The molecule has 4 nitrogen and oxygen atoms in total. The van der Waals surface area contributed by atoms with Crippen molar-refractivity contribution in [1.82, 2.24) is 9.55 Å². The normalized spacial score (nSPS) is 12.6. The van der Waals surface area contributed by atoms with Gasteiger partial charge in [0.2, 0.25) is 0 Å². The molecule has 6 aromatic carbocycles. The van der Waals surface area contributed by atoms with Crippen molar-refractivity contribution >= 4 is 54.4 Å². The Morgan fingerprint density at radius 2 is 1.21 bits per heavy atom. The minimum atomic E-state index is 0.718. The van der Waals surface area contributed by atoms with E-state index in [4.69, 9.17) is 9.47 Å². The van der Waals surface area contributed by atoms with Gasteiger partial charge in [0.05, 0.1) is 16.4 Å². The second-order valence-corrected chi connectivity index (χ2v) is 9.81. The summed E-state index contributed by atoms with van der Waals surface area (Å²) in [5.41, 5.74) is 5.32. The van der Waals surface area contributed by atoms with Crippen LogP contribution in [0.1, 0.15) is 0 Å². The molecule has 0 unspecified atom stereocenters. The standard InChI is InChI=1S/C34H20N2O2/c1-2-11-21(12-3-1)36-25-15-7-6-14-23(25)29-31-30(28-22-13-5-4-10-20(22)18-19-24(28)35-31)33-34(32(29)36)38-27-17-9-8-16-26(27)37-33/h1-19,35H. The van der Waals surface area contributed by atoms with Gasteiger partial charge in [-0.25, -0.2) is 0 Å². The minimum absolute atomic E-state index is 0.718. The van der Waals surface area contributed by atoms with Gasteiger partial charge in [-0.1, -0.05) is 78.9 Å². The maximum Gasteiger partial charge on any atom is 0.195 e. The molecule has 0 aliphatic carbocycles. The van der Waals surface area contributed by atoms with Crippen LogP contribution in [0, 0.1) is 0 Å². The zero-order chi connectivity index (χ0) is 24.8. The number of H-pyrrole nitrogens is 1. The van der Waals surface area contributed by atoms with E-state index in [1.807, 2.05) is 30.3 Å². The van der Waals surface area contributed by atoms with E-state index in [1.54, 1.807) is 0 Å². The molecule has 2 aromatic heterocycles. The van der Waals surface area contributed by atoms with E-state index in [9.17, 15) is 0 Å². The summed E-state index contributed by atoms with van der Waals surface area (Å²) in [7, 11) is 0. The van der Waals surface area contributed by atoms with Crippen LogP contribution in [0.5, 0.6) is 23.0 Å². The fourth-order valence-electron chi connectivity index (χ4n) is 6.19. The van der Waals surface area contributed by atoms with E-state index >= 15 is 0 Å². The first-order valence-corrected chi connectivity index (χ1v) is 12.8. The Hall–Kier alpha value is -5.22. The van der Waals surface area contributed by atoms with E-state index in [0.29, 0.717) is 0 Å². The molecule has 0 fully saturated rings. The lowest BCUT2D eigenvalue weighted by atomic mass is 10.0. The van der Waals surface area contributed by atoms with Gasteiger partial charge in [-0.15, -0.1) is 0 Å². The third kappa shape index (κ3) is 2.49. The number of para-hydroxylation sites is 4. The number of nitrogens with one attached hydrogen (secondary N) is 1. The van der Waals surface area contributed by atoms with Gasteiger partial charge in [-0.05, 0) is 47.2 Å². The van der Waals surface area contributed by atoms with Gasteiger partial charge in [0.25, 0.3) is 0 Å². The lowest BCUT2D eigenvalue weighted by Gasteiger charge is -2.23. The lowest BCUT2D eigenvalue weighted by molar-refractivity contribution is 0.366. The van der Waals surface area contributed by atoms with E-state index in [1.165, 1.54) is 10.8 Å². The predicted molar refractivity (Wildman–Crippen MR) is 154 cm³/mol. The lowest BCUT2D eigenvalue weighted by Crippen LogP contribution is -2.02. The smallest absolute Gasteiger partial charge is 0.195 e. The Kier molecular flexibility index (Phi) is 3.76. The van der Waals surface area contributed by atoms with Crippen LogP contribution < -0.4 is 9.47 Å². The SMILES string of the molecule is c1ccc(-n2c3ccccc3c3c4[nH]c5ccc6ccccc6c5c4c4c(c32)Oc2ccccc2O4)cc1. The molecule has 0 saturated heterocycles. The predicted octanol–water partition coefficient (Wildman–Crippen LogP) is 9.47. The van der Waals surface area contributed by atoms with Gasteiger partial charge in [-0.2, -0.15) is 0 Å². The number of ether oxygens (including phenoxy) is 2. The largest absolute Gasteiger partial charge is 0.449 e. The Balaban J connectivity index is 1.58. The fourth-order valence-corrected chi connectivity index (χ4v) is 6.19. The summed E-state index contributed by atoms with van der Waals surface area (Å²) in [6.07, 6.45) is 0. The summed E-state index contributed by atoms with van der Waals surface area (Å²) in [5.74, 6) is 2.92. The Morgan fingerprint density at radius 3 is 2.05 bits per heavy atom. The maximum atomic E-state index is 6.76. The first kappa shape index (κ1) is 19.9. The Morgan fingerprint density at radius 1 is 0.526 bits per heavy atom. The van der Waals surface area contributed by atoms with Crippen LogP contribution in [0.25, 0.3) is 60.1 Å². The van der Waals surface area contributed by atoms with Crippen LogP contribution in [0.3, 0.4) is 0 Å². The summed E-state index contributed by atoms with van der Waals surface area (Å²) in [5, 5.41) is 6.87. The molecular formula is C34H20N2O2. The van der Waals surface area contributed by atoms with E-state index < -0.39 is 0 Å². The van der Waals surface area contributed by atoms with Crippen LogP contribution in [0.2, 0.25) is 0 Å². The number of hydrogen-bond acceptors (Lipinski definition) is 2. The Labute approximate surface area is 217 Å². The van der Waals surface area contributed by atoms with E-state index in [0.717, 1.165) is 72.3 Å². The molecule has 0 radical (unpaired) electrons. The van der Waals surface area contributed by atoms with Crippen molar-refractivity contribution in [2.75, 3.05) is 0 Å². The summed E-state index contributed by atoms with van der Waals surface area (Å²) < 4.78 is 15.8. The maximum absolute atomic E-state index is 6.76. The summed E-state index contributed by atoms with van der Waals surface area (Å²) in [6, 6.07) is 39.8. The first-order chi connectivity index (χ1) is 18.9. The topological polar surface area (TPSA) is 39.2 Å². The van der Waals surface area contributed by atoms with E-state index in [-0.39, 0.29) is 0 Å². The van der Waals surface area contributed by atoms with Crippen LogP contribution in [-0.2, 0) is 0 Å². The minimum Gasteiger partial charge on any atom is -0.449 e. The van der Waals surface area contributed by atoms with Crippen molar-refractivity contribution in [3.63, 3.8) is 0 Å². The third-order valence-corrected chi connectivity index (χ3v) is 7.75. The molecule has 1 N–H and O–H groups in total. The van der Waals surface area contributed by atoms with Crippen molar-refractivity contribution in [2.24, 2.45) is 0 Å². The van der Waals surface area contributed by atoms with Crippen LogP contribution in [0.15, 0.2) is 115 Å². The molecule has 0 atom stereocenters. The number of fused-ring (bicyclic) bond motifs is 13. The highest BCUT2D eigenvalue weighted by Gasteiger charge is 2.31. The molecule has 4 heteroatoms. The molecule has 0 saturated carbocycles. The van der Waals surface area contributed by atoms with Gasteiger partial charge in [0.15, 0.2) is 23.0 Å². The van der Waals surface area contributed by atoms with Crippen molar-refractivity contribution < 1.29 is 9.47 Å². The second kappa shape index (κ2) is 7.17. The molecule has 178 valence electrons. The molecule has 0 bridgehead atoms. The quantitative estimate of drug-likeness (QED) is 0.250. The highest BCUT2D eigenvalue weighted by atomic mass is 16.6. The number of aromatic nitrogens is 2. The van der Waals surface area contributed by atoms with Crippen molar-refractivity contribution in [3.05, 3.63) is 115 Å². The summed E-state index contributed by atoms with van der Waals surface area (Å²) in [4.78, 5) is 3.80. The molecule has 3 heterocycles. The molecule has 0 amide bonds. The summed E-state index contributed by atoms with van der Waals surface area (Å²) in [6.45, 7) is 0. The number of rotatable bonds is 1. The van der Waals surface area contributed by atoms with Gasteiger partial charge >= 0.3 is 0 Å². The first-order valence-electron chi connectivity index (χ1n) is 12.8. The van der Waals surface area contributed by atoms with Crippen LogP contribution in [0.4, 0.5) is 0 Å². The summed E-state index contributed by atoms with van der Waals surface area (Å²) >= 11 is 0. The molecule has 8 aromatic rings. The monoisotopic (exact) mass is 488 g/mol. The average Bonchev–Trinajstić information content (AvgIpc) is 3.54. The number of hydrogen-bond donors (Lipinski definition) is 1. The molecule has 9 rings (SSSR count). The number of aromatic amines is 1. The fraction of sp³-hybridized carbons (Fsp3) is 0. The number of nitrogens with zero attached hydrogens (tertiary/aromatic N) is 1. The molecule has 1 aliphatic heterocycles. The highest BCUT2D eigenvalue weighted by Crippen LogP contribution is 2.56. The van der Waals surface area contributed by atoms with Crippen molar-refractivity contribution in [3.8, 4) is 28.7 Å². The van der Waals surface area contributed by atoms with Gasteiger partial charge in [-0.3, -0.25) is 0 Å². The zero-order valence-electron chi connectivity index (χ0n) is 20.2. The molecule has 1 aliphatic rings. The molecular weight excluding hydrogens is 468 g/mol. The van der Waals surface area contributed by atoms with E-state index in [2.05, 4.69) is 94.5 Å². The van der Waals surface area contributed by atoms with Gasteiger partial charge in [0.1, 0.15) is 5.52 Å². The third-order valence-electron chi connectivity index (χ3n) is 7.75. The van der Waals surface area contributed by atoms with Crippen molar-refractivity contribution in [1.29, 1.82) is 0 Å². The van der Waals surface area contributed by atoms with Crippen molar-refractivity contribution in [2.45, 2.75) is 0 Å². The van der Waals surface area contributed by atoms with Crippen LogP contribution in [-0.4, -0.2) is 9.55 Å². The average molecular weight is 489 g/mol. The second-order valence-electron chi connectivity index (χ2n) is 9.81. The molecule has 38 heavy (non-hydrogen) atoms. The highest BCUT2D eigenvalue weighted by molar-refractivity contribution is 6.32. The Bertz CT molecular complexity index is 2240. The van der Waals surface area contributed by atoms with Crippen LogP contribution >= 0.6 is 0 Å². The number of benzene rings is 6. The van der Waals surface area contributed by atoms with Gasteiger partial charge in [0, 0.05) is 27.4 Å². The zero-order valence-corrected chi connectivity index (χ0v) is 20.2. The molecule has 0 spiro atoms. The van der Waals surface area contributed by atoms with Gasteiger partial charge < -0.3 is 19.0 Å².